The lowest BCUT2D eigenvalue weighted by molar-refractivity contribution is -0.133. The van der Waals surface area contributed by atoms with Crippen LogP contribution in [0.3, 0.4) is 0 Å². The van der Waals surface area contributed by atoms with Gasteiger partial charge >= 0.3 is 0 Å². The molecule has 114 valence electrons. The quantitative estimate of drug-likeness (QED) is 0.707. The molecule has 5 heteroatoms. The van der Waals surface area contributed by atoms with Crippen LogP contribution in [0.2, 0.25) is 0 Å². The van der Waals surface area contributed by atoms with Gasteiger partial charge in [-0.2, -0.15) is 0 Å². The van der Waals surface area contributed by atoms with E-state index in [1.54, 1.807) is 0 Å². The van der Waals surface area contributed by atoms with Crippen LogP contribution < -0.4 is 11.1 Å². The van der Waals surface area contributed by atoms with E-state index < -0.39 is 0 Å². The highest BCUT2D eigenvalue weighted by molar-refractivity contribution is 5.85. The molecule has 0 bridgehead atoms. The largest absolute Gasteiger partial charge is 0.369 e. The number of unbranched alkanes of at least 4 members (excludes halogenated alkanes) is 1. The van der Waals surface area contributed by atoms with E-state index in [2.05, 4.69) is 12.2 Å². The Morgan fingerprint density at radius 3 is 2.74 bits per heavy atom. The van der Waals surface area contributed by atoms with Gasteiger partial charge in [0.25, 0.3) is 0 Å². The van der Waals surface area contributed by atoms with Crippen molar-refractivity contribution in [2.24, 2.45) is 11.7 Å². The van der Waals surface area contributed by atoms with Crippen LogP contribution in [0.25, 0.3) is 0 Å². The highest BCUT2D eigenvalue weighted by atomic mass is 35.5. The lowest BCUT2D eigenvalue weighted by atomic mass is 9.84. The van der Waals surface area contributed by atoms with Crippen molar-refractivity contribution >= 4 is 18.3 Å². The maximum atomic E-state index is 12.0. The Balaban J connectivity index is 0.00000324. The molecule has 1 saturated carbocycles. The number of hydrogen-bond acceptors (Lipinski definition) is 3. The normalized spacial score (nSPS) is 24.4. The summed E-state index contributed by atoms with van der Waals surface area (Å²) in [5, 5.41) is 3.10. The van der Waals surface area contributed by atoms with Crippen molar-refractivity contribution in [2.45, 2.75) is 64.5 Å². The Hall–Kier alpha value is -0.320. The Morgan fingerprint density at radius 2 is 2.11 bits per heavy atom. The zero-order valence-corrected chi connectivity index (χ0v) is 13.0. The third kappa shape index (κ3) is 6.59. The number of rotatable bonds is 7. The van der Waals surface area contributed by atoms with E-state index in [1.165, 1.54) is 12.8 Å². The lowest BCUT2D eigenvalue weighted by Crippen LogP contribution is -2.48. The zero-order chi connectivity index (χ0) is 13.4. The summed E-state index contributed by atoms with van der Waals surface area (Å²) in [5.41, 5.74) is 5.76. The van der Waals surface area contributed by atoms with E-state index in [1.807, 2.05) is 6.92 Å². The number of nitrogens with one attached hydrogen (secondary N) is 1. The minimum absolute atomic E-state index is 0. The van der Waals surface area contributed by atoms with Gasteiger partial charge in [0.1, 0.15) is 6.10 Å². The summed E-state index contributed by atoms with van der Waals surface area (Å²) in [6.45, 7) is 5.26. The Labute approximate surface area is 123 Å². The molecule has 19 heavy (non-hydrogen) atoms. The number of carbonyl (C=O) groups excluding carboxylic acids is 1. The van der Waals surface area contributed by atoms with Crippen molar-refractivity contribution in [1.29, 1.82) is 0 Å². The number of nitrogens with two attached hydrogens (primary N) is 1. The fraction of sp³-hybridized carbons (Fsp3) is 0.929. The highest BCUT2D eigenvalue weighted by Gasteiger charge is 2.26. The molecule has 0 spiro atoms. The number of amides is 1. The minimum Gasteiger partial charge on any atom is -0.369 e. The molecule has 0 saturated heterocycles. The maximum Gasteiger partial charge on any atom is 0.249 e. The van der Waals surface area contributed by atoms with Gasteiger partial charge in [0.15, 0.2) is 0 Å². The van der Waals surface area contributed by atoms with Crippen molar-refractivity contribution in [3.8, 4) is 0 Å². The van der Waals surface area contributed by atoms with Crippen molar-refractivity contribution in [3.05, 3.63) is 0 Å². The number of ether oxygens (including phenoxy) is 1. The van der Waals surface area contributed by atoms with Gasteiger partial charge in [-0.1, -0.05) is 26.2 Å². The topological polar surface area (TPSA) is 64.3 Å². The molecule has 0 aromatic heterocycles. The number of carbonyl (C=O) groups is 1. The van der Waals surface area contributed by atoms with Gasteiger partial charge in [0, 0.05) is 12.6 Å². The van der Waals surface area contributed by atoms with Crippen LogP contribution in [-0.4, -0.2) is 31.2 Å². The summed E-state index contributed by atoms with van der Waals surface area (Å²) in [4.78, 5) is 12.0. The first kappa shape index (κ1) is 18.7. The Kier molecular flexibility index (Phi) is 10.3. The average Bonchev–Trinajstić information content (AvgIpc) is 2.39. The molecule has 0 radical (unpaired) electrons. The number of hydrogen-bond donors (Lipinski definition) is 2. The predicted octanol–water partition coefficient (Wildman–Crippen LogP) is 2.25. The van der Waals surface area contributed by atoms with Crippen molar-refractivity contribution in [3.63, 3.8) is 0 Å². The second-order valence-electron chi connectivity index (χ2n) is 5.26. The lowest BCUT2D eigenvalue weighted by Gasteiger charge is -2.32. The average molecular weight is 293 g/mol. The highest BCUT2D eigenvalue weighted by Crippen LogP contribution is 2.23. The summed E-state index contributed by atoms with van der Waals surface area (Å²) in [6, 6.07) is 0.244. The number of halogens is 1. The molecule has 3 N–H and O–H groups in total. The third-order valence-corrected chi connectivity index (χ3v) is 3.77. The minimum atomic E-state index is -0.350. The molecule has 0 aromatic rings. The standard InChI is InChI=1S/C14H28N2O2.ClH/c1-3-4-9-18-11(2)14(17)16-13-8-6-5-7-12(13)10-15;/h11-13H,3-10,15H2,1-2H3,(H,16,17);1H. The molecule has 1 aliphatic rings. The fourth-order valence-electron chi connectivity index (χ4n) is 2.46. The van der Waals surface area contributed by atoms with Gasteiger partial charge in [0.05, 0.1) is 0 Å². The summed E-state index contributed by atoms with van der Waals surface area (Å²) in [7, 11) is 0. The first-order valence-corrected chi connectivity index (χ1v) is 7.31. The molecule has 1 rings (SSSR count). The van der Waals surface area contributed by atoms with E-state index in [0.29, 0.717) is 19.1 Å². The molecule has 1 fully saturated rings. The van der Waals surface area contributed by atoms with Crippen LogP contribution >= 0.6 is 12.4 Å². The zero-order valence-electron chi connectivity index (χ0n) is 12.2. The molecule has 0 heterocycles. The van der Waals surface area contributed by atoms with Gasteiger partial charge in [-0.3, -0.25) is 4.79 Å². The van der Waals surface area contributed by atoms with Crippen molar-refractivity contribution < 1.29 is 9.53 Å². The van der Waals surface area contributed by atoms with Crippen LogP contribution in [0.4, 0.5) is 0 Å². The monoisotopic (exact) mass is 292 g/mol. The molecular weight excluding hydrogens is 264 g/mol. The Bertz CT molecular complexity index is 252. The van der Waals surface area contributed by atoms with Gasteiger partial charge in [-0.25, -0.2) is 0 Å². The van der Waals surface area contributed by atoms with Gasteiger partial charge in [0.2, 0.25) is 5.91 Å². The van der Waals surface area contributed by atoms with E-state index >= 15 is 0 Å². The van der Waals surface area contributed by atoms with Crippen LogP contribution in [0.15, 0.2) is 0 Å². The van der Waals surface area contributed by atoms with Crippen LogP contribution in [0.5, 0.6) is 0 Å². The fourth-order valence-corrected chi connectivity index (χ4v) is 2.46. The molecule has 3 unspecified atom stereocenters. The third-order valence-electron chi connectivity index (χ3n) is 3.77. The van der Waals surface area contributed by atoms with Crippen molar-refractivity contribution in [1.82, 2.24) is 5.32 Å². The molecule has 0 aromatic carbocycles. The van der Waals surface area contributed by atoms with E-state index in [4.69, 9.17) is 10.5 Å². The second kappa shape index (κ2) is 10.5. The van der Waals surface area contributed by atoms with E-state index in [0.717, 1.165) is 25.7 Å². The summed E-state index contributed by atoms with van der Waals surface area (Å²) >= 11 is 0. The molecule has 4 nitrogen and oxygen atoms in total. The van der Waals surface area contributed by atoms with Gasteiger partial charge < -0.3 is 15.8 Å². The smallest absolute Gasteiger partial charge is 0.249 e. The summed E-state index contributed by atoms with van der Waals surface area (Å²) in [6.07, 6.45) is 6.35. The van der Waals surface area contributed by atoms with Crippen LogP contribution in [-0.2, 0) is 9.53 Å². The molecule has 1 amide bonds. The first-order valence-electron chi connectivity index (χ1n) is 7.31. The first-order chi connectivity index (χ1) is 8.69. The Morgan fingerprint density at radius 1 is 1.42 bits per heavy atom. The SMILES string of the molecule is CCCCOC(C)C(=O)NC1CCCCC1CN.Cl. The second-order valence-corrected chi connectivity index (χ2v) is 5.26. The molecule has 0 aliphatic heterocycles. The maximum absolute atomic E-state index is 12.0. The van der Waals surface area contributed by atoms with E-state index in [-0.39, 0.29) is 30.5 Å². The predicted molar refractivity (Wildman–Crippen MR) is 80.5 cm³/mol. The van der Waals surface area contributed by atoms with E-state index in [9.17, 15) is 4.79 Å². The van der Waals surface area contributed by atoms with Crippen LogP contribution in [0, 0.1) is 5.92 Å². The van der Waals surface area contributed by atoms with Crippen LogP contribution in [0.1, 0.15) is 52.4 Å². The summed E-state index contributed by atoms with van der Waals surface area (Å²) in [5.74, 6) is 0.446. The van der Waals surface area contributed by atoms with Gasteiger partial charge in [-0.05, 0) is 38.6 Å². The molecule has 1 aliphatic carbocycles. The summed E-state index contributed by atoms with van der Waals surface area (Å²) < 4.78 is 5.51. The van der Waals surface area contributed by atoms with Crippen molar-refractivity contribution in [2.75, 3.05) is 13.2 Å². The molecule has 3 atom stereocenters. The van der Waals surface area contributed by atoms with Gasteiger partial charge in [-0.15, -0.1) is 12.4 Å². The molecular formula is C14H29ClN2O2.